The smallest absolute Gasteiger partial charge is 0.124 e. The highest BCUT2D eigenvalue weighted by molar-refractivity contribution is 6.30. The van der Waals surface area contributed by atoms with E-state index in [1.54, 1.807) is 7.11 Å². The van der Waals surface area contributed by atoms with Crippen molar-refractivity contribution in [2.24, 2.45) is 0 Å². The Labute approximate surface area is 128 Å². The summed E-state index contributed by atoms with van der Waals surface area (Å²) in [6, 6.07) is 13.6. The largest absolute Gasteiger partial charge is 0.397 e. The van der Waals surface area contributed by atoms with Crippen molar-refractivity contribution >= 4 is 28.3 Å². The third-order valence-corrected chi connectivity index (χ3v) is 3.67. The van der Waals surface area contributed by atoms with Gasteiger partial charge in [0.25, 0.3) is 0 Å². The Morgan fingerprint density at radius 1 is 1.19 bits per heavy atom. The number of hydrogen-bond donors (Lipinski definition) is 1. The van der Waals surface area contributed by atoms with Gasteiger partial charge in [-0.2, -0.15) is 0 Å². The van der Waals surface area contributed by atoms with E-state index in [0.29, 0.717) is 18.8 Å². The van der Waals surface area contributed by atoms with E-state index in [2.05, 4.69) is 4.98 Å². The first kappa shape index (κ1) is 13.9. The highest BCUT2D eigenvalue weighted by atomic mass is 35.5. The van der Waals surface area contributed by atoms with Gasteiger partial charge in [-0.3, -0.25) is 0 Å². The quantitative estimate of drug-likeness (QED) is 0.751. The van der Waals surface area contributed by atoms with Crippen molar-refractivity contribution in [1.29, 1.82) is 0 Å². The monoisotopic (exact) mass is 301 g/mol. The fourth-order valence-electron chi connectivity index (χ4n) is 2.41. The summed E-state index contributed by atoms with van der Waals surface area (Å²) in [7, 11) is 1.67. The molecule has 3 rings (SSSR count). The van der Waals surface area contributed by atoms with Crippen LogP contribution in [0.4, 0.5) is 5.69 Å². The number of anilines is 1. The Hall–Kier alpha value is -2.04. The summed E-state index contributed by atoms with van der Waals surface area (Å²) < 4.78 is 7.33. The molecule has 21 heavy (non-hydrogen) atoms. The number of aromatic nitrogens is 2. The van der Waals surface area contributed by atoms with E-state index in [0.717, 1.165) is 27.4 Å². The molecule has 0 saturated heterocycles. The number of fused-ring (bicyclic) bond motifs is 1. The molecule has 0 fully saturated rings. The SMILES string of the molecule is COCn1c(Cc2ccc(Cl)cc2)nc2c(N)cccc21. The highest BCUT2D eigenvalue weighted by Gasteiger charge is 2.12. The second-order valence-corrected chi connectivity index (χ2v) is 5.33. The predicted molar refractivity (Wildman–Crippen MR) is 85.4 cm³/mol. The number of nitrogens with two attached hydrogens (primary N) is 1. The number of benzene rings is 2. The Morgan fingerprint density at radius 2 is 1.95 bits per heavy atom. The standard InChI is InChI=1S/C16H16ClN3O/c1-21-10-20-14-4-2-3-13(18)16(14)19-15(20)9-11-5-7-12(17)8-6-11/h2-8H,9-10,18H2,1H3. The van der Waals surface area contributed by atoms with E-state index < -0.39 is 0 Å². The summed E-state index contributed by atoms with van der Waals surface area (Å²) in [6.45, 7) is 0.447. The number of para-hydroxylation sites is 1. The molecule has 0 atom stereocenters. The van der Waals surface area contributed by atoms with Crippen LogP contribution in [0.15, 0.2) is 42.5 Å². The lowest BCUT2D eigenvalue weighted by atomic mass is 10.1. The maximum atomic E-state index is 6.01. The topological polar surface area (TPSA) is 53.1 Å². The van der Waals surface area contributed by atoms with Gasteiger partial charge in [-0.1, -0.05) is 29.8 Å². The van der Waals surface area contributed by atoms with Gasteiger partial charge < -0.3 is 15.0 Å². The number of rotatable bonds is 4. The van der Waals surface area contributed by atoms with Crippen molar-refractivity contribution in [1.82, 2.24) is 9.55 Å². The van der Waals surface area contributed by atoms with Crippen LogP contribution in [0.5, 0.6) is 0 Å². The molecule has 1 aromatic heterocycles. The first-order valence-electron chi connectivity index (χ1n) is 6.66. The van der Waals surface area contributed by atoms with E-state index in [1.165, 1.54) is 0 Å². The minimum absolute atomic E-state index is 0.447. The predicted octanol–water partition coefficient (Wildman–Crippen LogP) is 3.47. The van der Waals surface area contributed by atoms with Gasteiger partial charge >= 0.3 is 0 Å². The van der Waals surface area contributed by atoms with Crippen molar-refractivity contribution in [3.8, 4) is 0 Å². The van der Waals surface area contributed by atoms with E-state index in [4.69, 9.17) is 22.1 Å². The molecule has 4 nitrogen and oxygen atoms in total. The average molecular weight is 302 g/mol. The second-order valence-electron chi connectivity index (χ2n) is 4.89. The van der Waals surface area contributed by atoms with Crippen molar-refractivity contribution in [2.75, 3.05) is 12.8 Å². The zero-order chi connectivity index (χ0) is 14.8. The molecule has 0 aliphatic rings. The van der Waals surface area contributed by atoms with Crippen LogP contribution in [0.3, 0.4) is 0 Å². The average Bonchev–Trinajstić information content (AvgIpc) is 2.82. The van der Waals surface area contributed by atoms with Crippen molar-refractivity contribution < 1.29 is 4.74 Å². The molecule has 2 aromatic carbocycles. The Balaban J connectivity index is 2.06. The van der Waals surface area contributed by atoms with Crippen LogP contribution in [0.1, 0.15) is 11.4 Å². The van der Waals surface area contributed by atoms with E-state index in [9.17, 15) is 0 Å². The lowest BCUT2D eigenvalue weighted by molar-refractivity contribution is 0.132. The van der Waals surface area contributed by atoms with Gasteiger partial charge in [0, 0.05) is 18.6 Å². The molecule has 0 saturated carbocycles. The van der Waals surface area contributed by atoms with Crippen LogP contribution in [-0.4, -0.2) is 16.7 Å². The Kier molecular flexibility index (Phi) is 3.82. The van der Waals surface area contributed by atoms with Gasteiger partial charge in [0.1, 0.15) is 18.1 Å². The molecular weight excluding hydrogens is 286 g/mol. The van der Waals surface area contributed by atoms with Crippen LogP contribution in [0.25, 0.3) is 11.0 Å². The molecule has 2 N–H and O–H groups in total. The molecular formula is C16H16ClN3O. The fourth-order valence-corrected chi connectivity index (χ4v) is 2.54. The molecule has 0 aliphatic carbocycles. The van der Waals surface area contributed by atoms with Crippen LogP contribution < -0.4 is 5.73 Å². The molecule has 0 bridgehead atoms. The molecule has 1 heterocycles. The fraction of sp³-hybridized carbons (Fsp3) is 0.188. The normalized spacial score (nSPS) is 11.1. The molecule has 0 unspecified atom stereocenters. The lowest BCUT2D eigenvalue weighted by Crippen LogP contribution is -2.06. The zero-order valence-electron chi connectivity index (χ0n) is 11.7. The molecule has 0 aliphatic heterocycles. The Bertz CT molecular complexity index is 765. The number of methoxy groups -OCH3 is 1. The zero-order valence-corrected chi connectivity index (χ0v) is 12.5. The summed E-state index contributed by atoms with van der Waals surface area (Å²) in [5.74, 6) is 0.923. The van der Waals surface area contributed by atoms with Crippen molar-refractivity contribution in [2.45, 2.75) is 13.2 Å². The van der Waals surface area contributed by atoms with Gasteiger partial charge in [-0.05, 0) is 29.8 Å². The highest BCUT2D eigenvalue weighted by Crippen LogP contribution is 2.23. The number of imidazole rings is 1. The van der Waals surface area contributed by atoms with Crippen LogP contribution in [0.2, 0.25) is 5.02 Å². The molecule has 3 aromatic rings. The van der Waals surface area contributed by atoms with Gasteiger partial charge in [0.2, 0.25) is 0 Å². The summed E-state index contributed by atoms with van der Waals surface area (Å²) in [6.07, 6.45) is 0.703. The molecule has 0 spiro atoms. The Morgan fingerprint density at radius 3 is 2.67 bits per heavy atom. The van der Waals surface area contributed by atoms with Crippen LogP contribution in [-0.2, 0) is 17.9 Å². The molecule has 0 amide bonds. The van der Waals surface area contributed by atoms with Gasteiger partial charge in [0.05, 0.1) is 11.2 Å². The number of nitrogens with zero attached hydrogens (tertiary/aromatic N) is 2. The van der Waals surface area contributed by atoms with Crippen molar-refractivity contribution in [3.63, 3.8) is 0 Å². The third-order valence-electron chi connectivity index (χ3n) is 3.42. The van der Waals surface area contributed by atoms with Crippen molar-refractivity contribution in [3.05, 3.63) is 58.9 Å². The minimum atomic E-state index is 0.447. The molecule has 5 heteroatoms. The van der Waals surface area contributed by atoms with E-state index in [-0.39, 0.29) is 0 Å². The number of halogens is 1. The second kappa shape index (κ2) is 5.76. The van der Waals surface area contributed by atoms with Gasteiger partial charge in [-0.25, -0.2) is 4.98 Å². The first-order chi connectivity index (χ1) is 10.2. The molecule has 108 valence electrons. The number of ether oxygens (including phenoxy) is 1. The van der Waals surface area contributed by atoms with E-state index >= 15 is 0 Å². The van der Waals surface area contributed by atoms with E-state index in [1.807, 2.05) is 47.0 Å². The maximum absolute atomic E-state index is 6.01. The number of nitrogen functional groups attached to an aromatic ring is 1. The number of hydrogen-bond acceptors (Lipinski definition) is 3. The summed E-state index contributed by atoms with van der Waals surface area (Å²) in [5.41, 5.74) is 9.64. The molecule has 0 radical (unpaired) electrons. The first-order valence-corrected chi connectivity index (χ1v) is 7.04. The minimum Gasteiger partial charge on any atom is -0.397 e. The summed E-state index contributed by atoms with van der Waals surface area (Å²) >= 11 is 5.92. The third kappa shape index (κ3) is 2.73. The van der Waals surface area contributed by atoms with Crippen LogP contribution >= 0.6 is 11.6 Å². The van der Waals surface area contributed by atoms with Crippen LogP contribution in [0, 0.1) is 0 Å². The summed E-state index contributed by atoms with van der Waals surface area (Å²) in [4.78, 5) is 4.67. The maximum Gasteiger partial charge on any atom is 0.124 e. The van der Waals surface area contributed by atoms with Gasteiger partial charge in [0.15, 0.2) is 0 Å². The van der Waals surface area contributed by atoms with Gasteiger partial charge in [-0.15, -0.1) is 0 Å². The lowest BCUT2D eigenvalue weighted by Gasteiger charge is -2.08. The summed E-state index contributed by atoms with van der Waals surface area (Å²) in [5, 5.41) is 0.730.